The van der Waals surface area contributed by atoms with Gasteiger partial charge in [0.2, 0.25) is 0 Å². The van der Waals surface area contributed by atoms with Crippen molar-refractivity contribution in [3.05, 3.63) is 34.9 Å². The Bertz CT molecular complexity index is 413. The second-order valence-electron chi connectivity index (χ2n) is 4.75. The molecule has 1 aromatic carbocycles. The van der Waals surface area contributed by atoms with E-state index in [0.717, 1.165) is 12.1 Å². The molecule has 1 rings (SSSR count). The Labute approximate surface area is 104 Å². The molecular formula is C13H17F3O2. The normalized spacial score (nSPS) is 15.8. The predicted octanol–water partition coefficient (Wildman–Crippen LogP) is 3.06. The van der Waals surface area contributed by atoms with Crippen molar-refractivity contribution >= 4 is 0 Å². The number of benzene rings is 1. The number of alkyl halides is 3. The number of rotatable bonds is 3. The Morgan fingerprint density at radius 1 is 1.11 bits per heavy atom. The molecule has 2 N–H and O–H groups in total. The van der Waals surface area contributed by atoms with Gasteiger partial charge in [0.05, 0.1) is 11.7 Å². The molecule has 0 aliphatic carbocycles. The maximum atomic E-state index is 12.5. The van der Waals surface area contributed by atoms with Crippen LogP contribution in [0.15, 0.2) is 18.2 Å². The summed E-state index contributed by atoms with van der Waals surface area (Å²) < 4.78 is 37.4. The van der Waals surface area contributed by atoms with E-state index in [0.29, 0.717) is 11.1 Å². The van der Waals surface area contributed by atoms with Gasteiger partial charge in [0.15, 0.2) is 0 Å². The highest BCUT2D eigenvalue weighted by Gasteiger charge is 2.31. The maximum Gasteiger partial charge on any atom is 0.416 e. The van der Waals surface area contributed by atoms with E-state index in [1.54, 1.807) is 13.8 Å². The molecule has 0 amide bonds. The summed E-state index contributed by atoms with van der Waals surface area (Å²) in [6, 6.07) is 3.11. The lowest BCUT2D eigenvalue weighted by Crippen LogP contribution is -2.24. The molecule has 18 heavy (non-hydrogen) atoms. The molecule has 0 fully saturated rings. The summed E-state index contributed by atoms with van der Waals surface area (Å²) in [4.78, 5) is 0. The minimum atomic E-state index is -4.40. The van der Waals surface area contributed by atoms with E-state index in [9.17, 15) is 23.4 Å². The number of hydrogen-bond acceptors (Lipinski definition) is 2. The fraction of sp³-hybridized carbons (Fsp3) is 0.538. The molecule has 0 aliphatic rings. The molecule has 2 nitrogen and oxygen atoms in total. The van der Waals surface area contributed by atoms with E-state index in [1.807, 2.05) is 0 Å². The summed E-state index contributed by atoms with van der Waals surface area (Å²) in [5.74, 6) is -0.179. The first-order valence-electron chi connectivity index (χ1n) is 5.68. The Morgan fingerprint density at radius 3 is 2.06 bits per heavy atom. The van der Waals surface area contributed by atoms with Crippen LogP contribution in [-0.4, -0.2) is 16.3 Å². The Morgan fingerprint density at radius 2 is 1.67 bits per heavy atom. The first-order chi connectivity index (χ1) is 8.14. The smallest absolute Gasteiger partial charge is 0.390 e. The fourth-order valence-corrected chi connectivity index (χ4v) is 1.73. The summed E-state index contributed by atoms with van der Waals surface area (Å²) in [5, 5.41) is 19.6. The SMILES string of the molecule is Cc1cc(C(F)(F)F)ccc1C(O)C(O)C(C)C. The number of aliphatic hydroxyl groups excluding tert-OH is 2. The van der Waals surface area contributed by atoms with Crippen LogP contribution in [-0.2, 0) is 6.18 Å². The van der Waals surface area contributed by atoms with Gasteiger partial charge in [-0.3, -0.25) is 0 Å². The fourth-order valence-electron chi connectivity index (χ4n) is 1.73. The lowest BCUT2D eigenvalue weighted by atomic mass is 9.92. The predicted molar refractivity (Wildman–Crippen MR) is 62.0 cm³/mol. The number of hydrogen-bond donors (Lipinski definition) is 2. The first-order valence-corrected chi connectivity index (χ1v) is 5.68. The third kappa shape index (κ3) is 3.23. The highest BCUT2D eigenvalue weighted by Crippen LogP contribution is 2.32. The highest BCUT2D eigenvalue weighted by atomic mass is 19.4. The van der Waals surface area contributed by atoms with Crippen LogP contribution in [0.4, 0.5) is 13.2 Å². The second kappa shape index (κ2) is 5.28. The third-order valence-corrected chi connectivity index (χ3v) is 2.92. The van der Waals surface area contributed by atoms with Crippen molar-refractivity contribution in [1.82, 2.24) is 0 Å². The number of aryl methyl sites for hydroxylation is 1. The van der Waals surface area contributed by atoms with Gasteiger partial charge < -0.3 is 10.2 Å². The van der Waals surface area contributed by atoms with Gasteiger partial charge in [-0.05, 0) is 36.1 Å². The summed E-state index contributed by atoms with van der Waals surface area (Å²) in [5.41, 5.74) is -0.115. The minimum absolute atomic E-state index is 0.179. The Kier molecular flexibility index (Phi) is 4.40. The molecule has 0 heterocycles. The number of halogens is 3. The monoisotopic (exact) mass is 262 g/mol. The Balaban J connectivity index is 3.06. The molecule has 5 heteroatoms. The summed E-state index contributed by atoms with van der Waals surface area (Å²) >= 11 is 0. The maximum absolute atomic E-state index is 12.5. The van der Waals surface area contributed by atoms with Crippen LogP contribution in [0.25, 0.3) is 0 Å². The van der Waals surface area contributed by atoms with E-state index >= 15 is 0 Å². The van der Waals surface area contributed by atoms with Crippen molar-refractivity contribution in [2.24, 2.45) is 5.92 Å². The van der Waals surface area contributed by atoms with Crippen molar-refractivity contribution < 1.29 is 23.4 Å². The van der Waals surface area contributed by atoms with Crippen LogP contribution >= 0.6 is 0 Å². The molecule has 0 aliphatic heterocycles. The van der Waals surface area contributed by atoms with Crippen molar-refractivity contribution in [2.45, 2.75) is 39.2 Å². The quantitative estimate of drug-likeness (QED) is 0.879. The molecule has 0 spiro atoms. The molecule has 0 saturated carbocycles. The standard InChI is InChI=1S/C13H17F3O2/c1-7(2)11(17)12(18)10-5-4-9(6-8(10)3)13(14,15)16/h4-7,11-12,17-18H,1-3H3. The second-order valence-corrected chi connectivity index (χ2v) is 4.75. The highest BCUT2D eigenvalue weighted by molar-refractivity contribution is 5.34. The van der Waals surface area contributed by atoms with E-state index in [-0.39, 0.29) is 5.92 Å². The van der Waals surface area contributed by atoms with E-state index in [2.05, 4.69) is 0 Å². The van der Waals surface area contributed by atoms with Crippen molar-refractivity contribution in [1.29, 1.82) is 0 Å². The van der Waals surface area contributed by atoms with Crippen LogP contribution in [0.3, 0.4) is 0 Å². The van der Waals surface area contributed by atoms with Gasteiger partial charge >= 0.3 is 6.18 Å². The largest absolute Gasteiger partial charge is 0.416 e. The van der Waals surface area contributed by atoms with E-state index in [1.165, 1.54) is 13.0 Å². The van der Waals surface area contributed by atoms with Gasteiger partial charge in [-0.2, -0.15) is 13.2 Å². The summed E-state index contributed by atoms with van der Waals surface area (Å²) in [7, 11) is 0. The average molecular weight is 262 g/mol. The van der Waals surface area contributed by atoms with Crippen LogP contribution in [0.5, 0.6) is 0 Å². The topological polar surface area (TPSA) is 40.5 Å². The minimum Gasteiger partial charge on any atom is -0.390 e. The third-order valence-electron chi connectivity index (χ3n) is 2.92. The van der Waals surface area contributed by atoms with Crippen LogP contribution in [0, 0.1) is 12.8 Å². The van der Waals surface area contributed by atoms with Gasteiger partial charge in [-0.1, -0.05) is 19.9 Å². The zero-order chi connectivity index (χ0) is 14.1. The van der Waals surface area contributed by atoms with E-state index < -0.39 is 23.9 Å². The lowest BCUT2D eigenvalue weighted by molar-refractivity contribution is -0.137. The lowest BCUT2D eigenvalue weighted by Gasteiger charge is -2.23. The first kappa shape index (κ1) is 15.0. The average Bonchev–Trinajstić information content (AvgIpc) is 2.25. The summed E-state index contributed by atoms with van der Waals surface area (Å²) in [6.45, 7) is 4.95. The number of aliphatic hydroxyl groups is 2. The van der Waals surface area contributed by atoms with Gasteiger partial charge in [0.25, 0.3) is 0 Å². The van der Waals surface area contributed by atoms with Crippen LogP contribution in [0.2, 0.25) is 0 Å². The van der Waals surface area contributed by atoms with Crippen LogP contribution < -0.4 is 0 Å². The van der Waals surface area contributed by atoms with Crippen molar-refractivity contribution in [3.8, 4) is 0 Å². The molecule has 2 unspecified atom stereocenters. The van der Waals surface area contributed by atoms with Crippen molar-refractivity contribution in [3.63, 3.8) is 0 Å². The molecule has 0 aromatic heterocycles. The van der Waals surface area contributed by atoms with Gasteiger partial charge in [-0.15, -0.1) is 0 Å². The van der Waals surface area contributed by atoms with Gasteiger partial charge in [-0.25, -0.2) is 0 Å². The molecule has 2 atom stereocenters. The van der Waals surface area contributed by atoms with E-state index in [4.69, 9.17) is 0 Å². The van der Waals surface area contributed by atoms with Gasteiger partial charge in [0.1, 0.15) is 6.10 Å². The molecule has 102 valence electrons. The molecule has 0 saturated heterocycles. The van der Waals surface area contributed by atoms with Gasteiger partial charge in [0, 0.05) is 0 Å². The molecule has 0 bridgehead atoms. The zero-order valence-electron chi connectivity index (χ0n) is 10.5. The molecule has 1 aromatic rings. The van der Waals surface area contributed by atoms with Crippen molar-refractivity contribution in [2.75, 3.05) is 0 Å². The Hall–Kier alpha value is -1.07. The summed E-state index contributed by atoms with van der Waals surface area (Å²) in [6.07, 6.45) is -6.57. The molecule has 0 radical (unpaired) electrons. The zero-order valence-corrected chi connectivity index (χ0v) is 10.5. The van der Waals surface area contributed by atoms with Crippen LogP contribution in [0.1, 0.15) is 36.6 Å². The molecular weight excluding hydrogens is 245 g/mol.